The summed E-state index contributed by atoms with van der Waals surface area (Å²) in [5, 5.41) is 7.20. The molecule has 1 amide bonds. The maximum Gasteiger partial charge on any atom is 0.336 e. The summed E-state index contributed by atoms with van der Waals surface area (Å²) in [4.78, 5) is 16.8. The Bertz CT molecular complexity index is 1240. The van der Waals surface area contributed by atoms with E-state index in [0.29, 0.717) is 41.5 Å². The number of rotatable bonds is 9. The Morgan fingerprint density at radius 2 is 1.56 bits per heavy atom. The quantitative estimate of drug-likeness (QED) is 0.357. The molecule has 7 nitrogen and oxygen atoms in total. The van der Waals surface area contributed by atoms with Crippen LogP contribution in [0.25, 0.3) is 17.1 Å². The highest BCUT2D eigenvalue weighted by molar-refractivity contribution is 6.04. The van der Waals surface area contributed by atoms with Crippen LogP contribution in [-0.4, -0.2) is 40.5 Å². The van der Waals surface area contributed by atoms with Crippen molar-refractivity contribution in [1.29, 1.82) is 0 Å². The third-order valence-corrected chi connectivity index (χ3v) is 4.83. The molecule has 34 heavy (non-hydrogen) atoms. The highest BCUT2D eigenvalue weighted by Gasteiger charge is 2.15. The van der Waals surface area contributed by atoms with Gasteiger partial charge in [0.1, 0.15) is 18.2 Å². The van der Waals surface area contributed by atoms with Crippen molar-refractivity contribution < 1.29 is 23.0 Å². The lowest BCUT2D eigenvalue weighted by Crippen LogP contribution is -2.12. The lowest BCUT2D eigenvalue weighted by Gasteiger charge is -2.08. The fourth-order valence-corrected chi connectivity index (χ4v) is 3.15. The van der Waals surface area contributed by atoms with E-state index in [4.69, 9.17) is 9.47 Å². The van der Waals surface area contributed by atoms with Gasteiger partial charge in [0, 0.05) is 23.4 Å². The van der Waals surface area contributed by atoms with Gasteiger partial charge in [0.05, 0.1) is 12.3 Å². The van der Waals surface area contributed by atoms with Gasteiger partial charge in [-0.2, -0.15) is 4.98 Å². The molecule has 1 heterocycles. The van der Waals surface area contributed by atoms with Crippen LogP contribution in [0.5, 0.6) is 6.01 Å². The molecule has 0 aliphatic carbocycles. The van der Waals surface area contributed by atoms with E-state index in [1.807, 2.05) is 6.92 Å². The monoisotopic (exact) mass is 464 g/mol. The van der Waals surface area contributed by atoms with Gasteiger partial charge >= 0.3 is 6.01 Å². The van der Waals surface area contributed by atoms with Crippen LogP contribution in [0.4, 0.5) is 14.5 Å². The number of hydrogen-bond donors (Lipinski definition) is 1. The molecule has 0 saturated carbocycles. The summed E-state index contributed by atoms with van der Waals surface area (Å²) in [5.41, 5.74) is 2.21. The zero-order chi connectivity index (χ0) is 23.9. The third-order valence-electron chi connectivity index (χ3n) is 4.83. The van der Waals surface area contributed by atoms with Gasteiger partial charge in [-0.1, -0.05) is 0 Å². The molecule has 0 atom stereocenters. The Morgan fingerprint density at radius 3 is 2.21 bits per heavy atom. The van der Waals surface area contributed by atoms with Gasteiger partial charge in [0.2, 0.25) is 0 Å². The molecule has 9 heteroatoms. The van der Waals surface area contributed by atoms with Crippen molar-refractivity contribution in [3.05, 3.63) is 90.0 Å². The lowest BCUT2D eigenvalue weighted by atomic mass is 10.2. The maximum absolute atomic E-state index is 13.4. The smallest absolute Gasteiger partial charge is 0.336 e. The van der Waals surface area contributed by atoms with Gasteiger partial charge in [0.25, 0.3) is 5.91 Å². The average Bonchev–Trinajstić information content (AvgIpc) is 3.27. The number of ether oxygens (including phenoxy) is 2. The van der Waals surface area contributed by atoms with Crippen molar-refractivity contribution in [2.45, 2.75) is 6.92 Å². The van der Waals surface area contributed by atoms with Crippen molar-refractivity contribution in [1.82, 2.24) is 14.8 Å². The molecule has 0 aliphatic rings. The van der Waals surface area contributed by atoms with Gasteiger partial charge < -0.3 is 14.8 Å². The Morgan fingerprint density at radius 1 is 0.912 bits per heavy atom. The van der Waals surface area contributed by atoms with E-state index in [-0.39, 0.29) is 24.3 Å². The van der Waals surface area contributed by atoms with E-state index in [0.717, 1.165) is 0 Å². The summed E-state index contributed by atoms with van der Waals surface area (Å²) in [5.74, 6) is -0.656. The number of nitrogens with one attached hydrogen (secondary N) is 1. The number of benzene rings is 3. The number of hydrogen-bond acceptors (Lipinski definition) is 5. The van der Waals surface area contributed by atoms with E-state index >= 15 is 0 Å². The number of carbonyl (C=O) groups excluding carboxylic acids is 1. The second-order valence-electron chi connectivity index (χ2n) is 7.19. The van der Waals surface area contributed by atoms with Crippen LogP contribution in [0.2, 0.25) is 0 Å². The first-order chi connectivity index (χ1) is 16.5. The zero-order valence-electron chi connectivity index (χ0n) is 18.4. The number of halogens is 2. The molecular formula is C25H22F2N4O3. The minimum absolute atomic E-state index is 0.160. The molecule has 0 bridgehead atoms. The van der Waals surface area contributed by atoms with Gasteiger partial charge in [-0.25, -0.2) is 13.5 Å². The van der Waals surface area contributed by atoms with Crippen molar-refractivity contribution in [2.24, 2.45) is 0 Å². The predicted molar refractivity (Wildman–Crippen MR) is 123 cm³/mol. The van der Waals surface area contributed by atoms with Crippen LogP contribution in [-0.2, 0) is 4.74 Å². The second kappa shape index (κ2) is 10.7. The molecule has 174 valence electrons. The van der Waals surface area contributed by atoms with Gasteiger partial charge in [-0.15, -0.1) is 5.10 Å². The van der Waals surface area contributed by atoms with E-state index in [2.05, 4.69) is 15.4 Å². The molecule has 0 spiro atoms. The van der Waals surface area contributed by atoms with Crippen molar-refractivity contribution in [2.75, 3.05) is 25.1 Å². The Labute approximate surface area is 195 Å². The Balaban J connectivity index is 1.56. The van der Waals surface area contributed by atoms with Crippen LogP contribution in [0, 0.1) is 11.6 Å². The molecule has 1 N–H and O–H groups in total. The van der Waals surface area contributed by atoms with Crippen LogP contribution < -0.4 is 10.1 Å². The highest BCUT2D eigenvalue weighted by Crippen LogP contribution is 2.25. The SMILES string of the molecule is CCOCCOc1nc(-c2ccc(F)cc2)n(-c2ccc(NC(=O)c3ccc(F)cc3)cc2)n1. The maximum atomic E-state index is 13.4. The van der Waals surface area contributed by atoms with Crippen LogP contribution in [0.3, 0.4) is 0 Å². The summed E-state index contributed by atoms with van der Waals surface area (Å²) < 4.78 is 39.0. The number of nitrogens with zero attached hydrogens (tertiary/aromatic N) is 3. The number of amides is 1. The van der Waals surface area contributed by atoms with Gasteiger partial charge in [0.15, 0.2) is 5.82 Å². The van der Waals surface area contributed by atoms with Crippen LogP contribution in [0.1, 0.15) is 17.3 Å². The molecule has 0 radical (unpaired) electrons. The summed E-state index contributed by atoms with van der Waals surface area (Å²) in [6, 6.07) is 18.3. The molecule has 0 unspecified atom stereocenters. The van der Waals surface area contributed by atoms with Crippen LogP contribution in [0.15, 0.2) is 72.8 Å². The van der Waals surface area contributed by atoms with E-state index in [1.165, 1.54) is 36.4 Å². The van der Waals surface area contributed by atoms with Crippen molar-refractivity contribution >= 4 is 11.6 Å². The van der Waals surface area contributed by atoms with Gasteiger partial charge in [-0.05, 0) is 79.7 Å². The molecule has 4 aromatic rings. The lowest BCUT2D eigenvalue weighted by molar-refractivity contribution is 0.102. The molecule has 1 aromatic heterocycles. The first-order valence-corrected chi connectivity index (χ1v) is 10.6. The van der Waals surface area contributed by atoms with E-state index in [1.54, 1.807) is 41.1 Å². The standard InChI is InChI=1S/C25H22F2N4O3/c1-2-33-15-16-34-25-29-23(17-3-7-19(26)8-4-17)31(30-25)22-13-11-21(12-14-22)28-24(32)18-5-9-20(27)10-6-18/h3-14H,2,15-16H2,1H3,(H,28,32). The zero-order valence-corrected chi connectivity index (χ0v) is 18.4. The van der Waals surface area contributed by atoms with Crippen molar-refractivity contribution in [3.63, 3.8) is 0 Å². The molecular weight excluding hydrogens is 442 g/mol. The predicted octanol–water partition coefficient (Wildman–Crippen LogP) is 4.88. The fourth-order valence-electron chi connectivity index (χ4n) is 3.15. The third kappa shape index (κ3) is 5.62. The summed E-state index contributed by atoms with van der Waals surface area (Å²) >= 11 is 0. The molecule has 0 aliphatic heterocycles. The molecule has 4 rings (SSSR count). The molecule has 3 aromatic carbocycles. The minimum Gasteiger partial charge on any atom is -0.460 e. The first kappa shape index (κ1) is 23.1. The summed E-state index contributed by atoms with van der Waals surface area (Å²) in [6.07, 6.45) is 0. The van der Waals surface area contributed by atoms with Crippen LogP contribution >= 0.6 is 0 Å². The van der Waals surface area contributed by atoms with E-state index in [9.17, 15) is 13.6 Å². The number of carbonyl (C=O) groups is 1. The summed E-state index contributed by atoms with van der Waals surface area (Å²) in [6.45, 7) is 3.16. The van der Waals surface area contributed by atoms with E-state index < -0.39 is 5.82 Å². The Kier molecular flexibility index (Phi) is 7.24. The highest BCUT2D eigenvalue weighted by atomic mass is 19.1. The minimum atomic E-state index is -0.410. The topological polar surface area (TPSA) is 78.3 Å². The van der Waals surface area contributed by atoms with Gasteiger partial charge in [-0.3, -0.25) is 4.79 Å². The number of anilines is 1. The summed E-state index contributed by atoms with van der Waals surface area (Å²) in [7, 11) is 0. The molecule has 0 fully saturated rings. The largest absolute Gasteiger partial charge is 0.460 e. The average molecular weight is 464 g/mol. The Hall–Kier alpha value is -4.11. The number of aromatic nitrogens is 3. The molecule has 0 saturated heterocycles. The second-order valence-corrected chi connectivity index (χ2v) is 7.19. The normalized spacial score (nSPS) is 10.8. The first-order valence-electron chi connectivity index (χ1n) is 10.6. The van der Waals surface area contributed by atoms with Crippen molar-refractivity contribution in [3.8, 4) is 23.1 Å². The fraction of sp³-hybridized carbons (Fsp3) is 0.160.